The predicted octanol–water partition coefficient (Wildman–Crippen LogP) is 2.36. The Labute approximate surface area is 127 Å². The van der Waals surface area contributed by atoms with Crippen molar-refractivity contribution in [1.82, 2.24) is 4.90 Å². The summed E-state index contributed by atoms with van der Waals surface area (Å²) >= 11 is 0. The fourth-order valence-electron chi connectivity index (χ4n) is 2.78. The molecule has 1 aromatic rings. The largest absolute Gasteiger partial charge is 0.494 e. The summed E-state index contributed by atoms with van der Waals surface area (Å²) in [6.07, 6.45) is 4.48. The Morgan fingerprint density at radius 1 is 1.38 bits per heavy atom. The minimum atomic E-state index is 0.231. The van der Waals surface area contributed by atoms with E-state index < -0.39 is 0 Å². The molecule has 1 atom stereocenters. The van der Waals surface area contributed by atoms with Crippen molar-refractivity contribution in [2.75, 3.05) is 19.7 Å². The number of benzene rings is 1. The first kappa shape index (κ1) is 15.8. The molecular formula is C17H26N2O2. The zero-order chi connectivity index (χ0) is 15.1. The molecule has 4 heteroatoms. The molecule has 0 radical (unpaired) electrons. The monoisotopic (exact) mass is 290 g/mol. The normalized spacial score (nSPS) is 18.0. The van der Waals surface area contributed by atoms with Crippen LogP contribution in [-0.4, -0.2) is 36.5 Å². The number of ether oxygens (including phenoxy) is 1. The lowest BCUT2D eigenvalue weighted by Crippen LogP contribution is -2.39. The third-order valence-electron chi connectivity index (χ3n) is 3.99. The molecule has 1 unspecified atom stereocenters. The van der Waals surface area contributed by atoms with Crippen LogP contribution >= 0.6 is 0 Å². The summed E-state index contributed by atoms with van der Waals surface area (Å²) in [5.41, 5.74) is 6.89. The van der Waals surface area contributed by atoms with Crippen molar-refractivity contribution in [3.8, 4) is 5.75 Å². The van der Waals surface area contributed by atoms with Crippen LogP contribution in [0.3, 0.4) is 0 Å². The molecule has 1 amide bonds. The Kier molecular flexibility index (Phi) is 6.05. The van der Waals surface area contributed by atoms with Gasteiger partial charge < -0.3 is 15.4 Å². The molecule has 1 fully saturated rings. The molecule has 2 N–H and O–H groups in total. The second-order valence-corrected chi connectivity index (χ2v) is 5.61. The molecule has 1 aliphatic heterocycles. The van der Waals surface area contributed by atoms with Crippen LogP contribution < -0.4 is 10.5 Å². The highest BCUT2D eigenvalue weighted by atomic mass is 16.5. The van der Waals surface area contributed by atoms with Gasteiger partial charge in [0.15, 0.2) is 0 Å². The molecule has 1 saturated heterocycles. The third-order valence-corrected chi connectivity index (χ3v) is 3.99. The maximum atomic E-state index is 12.2. The number of hydrogen-bond donors (Lipinski definition) is 1. The maximum absolute atomic E-state index is 12.2. The van der Waals surface area contributed by atoms with Gasteiger partial charge >= 0.3 is 0 Å². The fraction of sp³-hybridized carbons (Fsp3) is 0.588. The van der Waals surface area contributed by atoms with Crippen LogP contribution in [0.15, 0.2) is 24.3 Å². The van der Waals surface area contributed by atoms with Gasteiger partial charge in [0.05, 0.1) is 6.61 Å². The van der Waals surface area contributed by atoms with E-state index in [2.05, 4.69) is 6.92 Å². The van der Waals surface area contributed by atoms with Gasteiger partial charge in [-0.2, -0.15) is 0 Å². The standard InChI is InChI=1S/C17H26N2O2/c1-2-12-21-16-8-5-14(6-9-16)7-10-17(20)19-11-3-4-15(19)13-18/h5-6,8-9,15H,2-4,7,10-13,18H2,1H3. The van der Waals surface area contributed by atoms with Gasteiger partial charge in [-0.3, -0.25) is 4.79 Å². The molecule has 0 aromatic heterocycles. The van der Waals surface area contributed by atoms with Gasteiger partial charge in [0.1, 0.15) is 5.75 Å². The number of likely N-dealkylation sites (tertiary alicyclic amines) is 1. The average molecular weight is 290 g/mol. The van der Waals surface area contributed by atoms with Crippen molar-refractivity contribution < 1.29 is 9.53 Å². The molecular weight excluding hydrogens is 264 g/mol. The number of carbonyl (C=O) groups excluding carboxylic acids is 1. The van der Waals surface area contributed by atoms with Crippen LogP contribution in [0.25, 0.3) is 0 Å². The maximum Gasteiger partial charge on any atom is 0.223 e. The Balaban J connectivity index is 1.81. The number of carbonyl (C=O) groups is 1. The Bertz CT molecular complexity index is 445. The van der Waals surface area contributed by atoms with Gasteiger partial charge in [-0.15, -0.1) is 0 Å². The van der Waals surface area contributed by atoms with Gasteiger partial charge in [-0.1, -0.05) is 19.1 Å². The van der Waals surface area contributed by atoms with Crippen LogP contribution in [-0.2, 0) is 11.2 Å². The van der Waals surface area contributed by atoms with Gasteiger partial charge in [0.2, 0.25) is 5.91 Å². The van der Waals surface area contributed by atoms with E-state index in [4.69, 9.17) is 10.5 Å². The van der Waals surface area contributed by atoms with E-state index in [1.807, 2.05) is 29.2 Å². The zero-order valence-electron chi connectivity index (χ0n) is 12.9. The molecule has 1 heterocycles. The topological polar surface area (TPSA) is 55.6 Å². The van der Waals surface area contributed by atoms with Crippen molar-refractivity contribution >= 4 is 5.91 Å². The summed E-state index contributed by atoms with van der Waals surface area (Å²) < 4.78 is 5.56. The first-order chi connectivity index (χ1) is 10.2. The summed E-state index contributed by atoms with van der Waals surface area (Å²) in [4.78, 5) is 14.2. The second-order valence-electron chi connectivity index (χ2n) is 5.61. The Morgan fingerprint density at radius 2 is 2.14 bits per heavy atom. The van der Waals surface area contributed by atoms with E-state index in [9.17, 15) is 4.79 Å². The molecule has 21 heavy (non-hydrogen) atoms. The zero-order valence-corrected chi connectivity index (χ0v) is 12.9. The van der Waals surface area contributed by atoms with E-state index in [0.717, 1.165) is 44.6 Å². The van der Waals surface area contributed by atoms with E-state index in [1.165, 1.54) is 5.56 Å². The van der Waals surface area contributed by atoms with Crippen molar-refractivity contribution in [2.45, 2.75) is 45.1 Å². The summed E-state index contributed by atoms with van der Waals surface area (Å²) in [5.74, 6) is 1.13. The lowest BCUT2D eigenvalue weighted by atomic mass is 10.1. The Hall–Kier alpha value is -1.55. The summed E-state index contributed by atoms with van der Waals surface area (Å²) in [6.45, 7) is 4.28. The van der Waals surface area contributed by atoms with Crippen LogP contribution in [0.4, 0.5) is 0 Å². The smallest absolute Gasteiger partial charge is 0.223 e. The summed E-state index contributed by atoms with van der Waals surface area (Å²) in [6, 6.07) is 8.30. The minimum Gasteiger partial charge on any atom is -0.494 e. The molecule has 0 aliphatic carbocycles. The second kappa shape index (κ2) is 8.03. The third kappa shape index (κ3) is 4.46. The van der Waals surface area contributed by atoms with Crippen LogP contribution in [0, 0.1) is 0 Å². The molecule has 2 rings (SSSR count). The lowest BCUT2D eigenvalue weighted by Gasteiger charge is -2.23. The van der Waals surface area contributed by atoms with Crippen LogP contribution in [0.2, 0.25) is 0 Å². The van der Waals surface area contributed by atoms with E-state index in [-0.39, 0.29) is 11.9 Å². The number of amides is 1. The van der Waals surface area contributed by atoms with Crippen molar-refractivity contribution in [2.24, 2.45) is 5.73 Å². The fourth-order valence-corrected chi connectivity index (χ4v) is 2.78. The quantitative estimate of drug-likeness (QED) is 0.838. The Morgan fingerprint density at radius 3 is 2.81 bits per heavy atom. The molecule has 1 aliphatic rings. The molecule has 0 bridgehead atoms. The van der Waals surface area contributed by atoms with Crippen molar-refractivity contribution in [3.63, 3.8) is 0 Å². The number of rotatable bonds is 7. The molecule has 116 valence electrons. The number of hydrogen-bond acceptors (Lipinski definition) is 3. The lowest BCUT2D eigenvalue weighted by molar-refractivity contribution is -0.131. The highest BCUT2D eigenvalue weighted by molar-refractivity contribution is 5.77. The first-order valence-electron chi connectivity index (χ1n) is 7.96. The van der Waals surface area contributed by atoms with Crippen LogP contribution in [0.1, 0.15) is 38.2 Å². The van der Waals surface area contributed by atoms with E-state index in [1.54, 1.807) is 0 Å². The average Bonchev–Trinajstić information content (AvgIpc) is 3.00. The minimum absolute atomic E-state index is 0.231. The van der Waals surface area contributed by atoms with Crippen molar-refractivity contribution in [1.29, 1.82) is 0 Å². The summed E-state index contributed by atoms with van der Waals surface area (Å²) in [5, 5.41) is 0. The van der Waals surface area contributed by atoms with Gasteiger partial charge in [-0.25, -0.2) is 0 Å². The summed E-state index contributed by atoms with van der Waals surface area (Å²) in [7, 11) is 0. The van der Waals surface area contributed by atoms with Crippen molar-refractivity contribution in [3.05, 3.63) is 29.8 Å². The number of nitrogens with two attached hydrogens (primary N) is 1. The van der Waals surface area contributed by atoms with Gasteiger partial charge in [0.25, 0.3) is 0 Å². The van der Waals surface area contributed by atoms with Gasteiger partial charge in [-0.05, 0) is 43.4 Å². The van der Waals surface area contributed by atoms with Gasteiger partial charge in [0, 0.05) is 25.6 Å². The molecule has 0 saturated carbocycles. The van der Waals surface area contributed by atoms with Crippen LogP contribution in [0.5, 0.6) is 5.75 Å². The number of nitrogens with zero attached hydrogens (tertiary/aromatic N) is 1. The predicted molar refractivity (Wildman–Crippen MR) is 84.3 cm³/mol. The molecule has 1 aromatic carbocycles. The SMILES string of the molecule is CCCOc1ccc(CCC(=O)N2CCCC2CN)cc1. The highest BCUT2D eigenvalue weighted by Crippen LogP contribution is 2.19. The highest BCUT2D eigenvalue weighted by Gasteiger charge is 2.26. The molecule has 4 nitrogen and oxygen atoms in total. The number of aryl methyl sites for hydroxylation is 1. The van der Waals surface area contributed by atoms with E-state index in [0.29, 0.717) is 13.0 Å². The molecule has 0 spiro atoms. The van der Waals surface area contributed by atoms with E-state index >= 15 is 0 Å². The first-order valence-corrected chi connectivity index (χ1v) is 7.96.